The largest absolute Gasteiger partial charge is 0.484 e. The predicted octanol–water partition coefficient (Wildman–Crippen LogP) is 2.27. The molecule has 2 heterocycles. The standard InChI is InChI=1S/C12H15N3O/c1-2-7-15-9-12(8-14-15)16-10-11-5-3-4-6-13-11/h3-6,8-9H,2,7,10H2,1H3. The van der Waals surface area contributed by atoms with Crippen molar-refractivity contribution in [2.45, 2.75) is 26.5 Å². The van der Waals surface area contributed by atoms with E-state index in [1.165, 1.54) is 0 Å². The molecule has 0 aromatic carbocycles. The third-order valence-electron chi connectivity index (χ3n) is 2.18. The van der Waals surface area contributed by atoms with Gasteiger partial charge in [0.25, 0.3) is 0 Å². The lowest BCUT2D eigenvalue weighted by Crippen LogP contribution is -1.97. The van der Waals surface area contributed by atoms with Crippen molar-refractivity contribution in [3.63, 3.8) is 0 Å². The van der Waals surface area contributed by atoms with Gasteiger partial charge in [0.05, 0.1) is 18.1 Å². The lowest BCUT2D eigenvalue weighted by atomic mass is 10.4. The molecule has 4 heteroatoms. The molecule has 0 radical (unpaired) electrons. The zero-order valence-corrected chi connectivity index (χ0v) is 9.34. The molecular formula is C12H15N3O. The van der Waals surface area contributed by atoms with Gasteiger partial charge in [-0.1, -0.05) is 13.0 Å². The molecule has 0 aliphatic carbocycles. The minimum atomic E-state index is 0.485. The second kappa shape index (κ2) is 5.30. The van der Waals surface area contributed by atoms with Crippen molar-refractivity contribution in [3.8, 4) is 5.75 Å². The van der Waals surface area contributed by atoms with Crippen LogP contribution in [0.5, 0.6) is 5.75 Å². The molecule has 2 aromatic heterocycles. The van der Waals surface area contributed by atoms with Crippen LogP contribution in [0.25, 0.3) is 0 Å². The summed E-state index contributed by atoms with van der Waals surface area (Å²) in [5, 5.41) is 4.19. The Hall–Kier alpha value is -1.84. The Labute approximate surface area is 94.9 Å². The SMILES string of the molecule is CCCn1cc(OCc2ccccn2)cn1. The summed E-state index contributed by atoms with van der Waals surface area (Å²) < 4.78 is 7.46. The van der Waals surface area contributed by atoms with E-state index in [-0.39, 0.29) is 0 Å². The molecule has 0 saturated carbocycles. The third kappa shape index (κ3) is 2.82. The van der Waals surface area contributed by atoms with E-state index in [1.54, 1.807) is 12.4 Å². The molecule has 0 spiro atoms. The fourth-order valence-electron chi connectivity index (χ4n) is 1.41. The van der Waals surface area contributed by atoms with Crippen molar-refractivity contribution in [2.75, 3.05) is 0 Å². The number of nitrogens with zero attached hydrogens (tertiary/aromatic N) is 3. The molecule has 0 aliphatic heterocycles. The Morgan fingerprint density at radius 2 is 2.31 bits per heavy atom. The van der Waals surface area contributed by atoms with Crippen molar-refractivity contribution in [3.05, 3.63) is 42.5 Å². The van der Waals surface area contributed by atoms with Gasteiger partial charge < -0.3 is 4.74 Å². The van der Waals surface area contributed by atoms with Crippen molar-refractivity contribution < 1.29 is 4.74 Å². The summed E-state index contributed by atoms with van der Waals surface area (Å²) in [5.74, 6) is 0.791. The number of hydrogen-bond donors (Lipinski definition) is 0. The van der Waals surface area contributed by atoms with Crippen LogP contribution >= 0.6 is 0 Å². The summed E-state index contributed by atoms with van der Waals surface area (Å²) in [6.45, 7) is 3.53. The van der Waals surface area contributed by atoms with Crippen LogP contribution in [0.4, 0.5) is 0 Å². The van der Waals surface area contributed by atoms with E-state index in [0.717, 1.165) is 24.4 Å². The van der Waals surface area contributed by atoms with E-state index in [4.69, 9.17) is 4.74 Å². The average Bonchev–Trinajstić information content (AvgIpc) is 2.76. The second-order valence-corrected chi connectivity index (χ2v) is 3.55. The predicted molar refractivity (Wildman–Crippen MR) is 61.1 cm³/mol. The van der Waals surface area contributed by atoms with Crippen LogP contribution in [-0.2, 0) is 13.2 Å². The van der Waals surface area contributed by atoms with Gasteiger partial charge in [-0.2, -0.15) is 5.10 Å². The van der Waals surface area contributed by atoms with Crippen molar-refractivity contribution in [1.29, 1.82) is 0 Å². The molecule has 4 nitrogen and oxygen atoms in total. The number of hydrogen-bond acceptors (Lipinski definition) is 3. The van der Waals surface area contributed by atoms with Crippen LogP contribution in [0.15, 0.2) is 36.8 Å². The summed E-state index contributed by atoms with van der Waals surface area (Å²) in [6, 6.07) is 5.78. The van der Waals surface area contributed by atoms with Gasteiger partial charge in [0.1, 0.15) is 6.61 Å². The Balaban J connectivity index is 1.89. The maximum absolute atomic E-state index is 5.57. The van der Waals surface area contributed by atoms with Crippen LogP contribution in [0.3, 0.4) is 0 Å². The minimum absolute atomic E-state index is 0.485. The van der Waals surface area contributed by atoms with E-state index in [2.05, 4.69) is 17.0 Å². The highest BCUT2D eigenvalue weighted by molar-refractivity contribution is 5.12. The first-order chi connectivity index (χ1) is 7.88. The summed E-state index contributed by atoms with van der Waals surface area (Å²) >= 11 is 0. The van der Waals surface area contributed by atoms with Gasteiger partial charge in [0.15, 0.2) is 5.75 Å². The Bertz CT molecular complexity index is 425. The van der Waals surface area contributed by atoms with Gasteiger partial charge in [-0.05, 0) is 18.6 Å². The molecule has 0 amide bonds. The zero-order valence-electron chi connectivity index (χ0n) is 9.34. The number of aromatic nitrogens is 3. The van der Waals surface area contributed by atoms with Gasteiger partial charge in [-0.15, -0.1) is 0 Å². The molecule has 2 rings (SSSR count). The van der Waals surface area contributed by atoms with E-state index >= 15 is 0 Å². The molecule has 84 valence electrons. The Morgan fingerprint density at radius 1 is 1.38 bits per heavy atom. The molecule has 0 unspecified atom stereocenters. The van der Waals surface area contributed by atoms with E-state index < -0.39 is 0 Å². The monoisotopic (exact) mass is 217 g/mol. The van der Waals surface area contributed by atoms with Gasteiger partial charge in [0, 0.05) is 12.7 Å². The van der Waals surface area contributed by atoms with Crippen LogP contribution in [0.2, 0.25) is 0 Å². The lowest BCUT2D eigenvalue weighted by Gasteiger charge is -2.01. The number of rotatable bonds is 5. The van der Waals surface area contributed by atoms with Gasteiger partial charge in [-0.25, -0.2) is 0 Å². The summed E-state index contributed by atoms with van der Waals surface area (Å²) in [7, 11) is 0. The van der Waals surface area contributed by atoms with Crippen molar-refractivity contribution in [2.24, 2.45) is 0 Å². The maximum atomic E-state index is 5.57. The Kier molecular flexibility index (Phi) is 3.53. The van der Waals surface area contributed by atoms with Crippen LogP contribution in [0.1, 0.15) is 19.0 Å². The second-order valence-electron chi connectivity index (χ2n) is 3.55. The topological polar surface area (TPSA) is 39.9 Å². The van der Waals surface area contributed by atoms with Crippen molar-refractivity contribution in [1.82, 2.24) is 14.8 Å². The molecule has 2 aromatic rings. The zero-order chi connectivity index (χ0) is 11.2. The number of aryl methyl sites for hydroxylation is 1. The number of ether oxygens (including phenoxy) is 1. The first kappa shape index (κ1) is 10.7. The molecule has 0 saturated heterocycles. The van der Waals surface area contributed by atoms with Crippen LogP contribution in [0, 0.1) is 0 Å². The highest BCUT2D eigenvalue weighted by Gasteiger charge is 1.99. The van der Waals surface area contributed by atoms with E-state index in [9.17, 15) is 0 Å². The number of pyridine rings is 1. The maximum Gasteiger partial charge on any atom is 0.157 e. The van der Waals surface area contributed by atoms with Gasteiger partial charge in [-0.3, -0.25) is 9.67 Å². The normalized spacial score (nSPS) is 10.3. The van der Waals surface area contributed by atoms with E-state index in [1.807, 2.05) is 29.1 Å². The van der Waals surface area contributed by atoms with Gasteiger partial charge in [0.2, 0.25) is 0 Å². The van der Waals surface area contributed by atoms with E-state index in [0.29, 0.717) is 6.61 Å². The molecule has 0 bridgehead atoms. The van der Waals surface area contributed by atoms with Crippen LogP contribution in [-0.4, -0.2) is 14.8 Å². The fraction of sp³-hybridized carbons (Fsp3) is 0.333. The molecule has 0 N–H and O–H groups in total. The molecule has 0 aliphatic rings. The molecule has 0 fully saturated rings. The molecule has 0 atom stereocenters. The quantitative estimate of drug-likeness (QED) is 0.771. The summed E-state index contributed by atoms with van der Waals surface area (Å²) in [6.07, 6.45) is 6.48. The van der Waals surface area contributed by atoms with Gasteiger partial charge >= 0.3 is 0 Å². The Morgan fingerprint density at radius 3 is 3.06 bits per heavy atom. The highest BCUT2D eigenvalue weighted by Crippen LogP contribution is 2.10. The van der Waals surface area contributed by atoms with Crippen molar-refractivity contribution >= 4 is 0 Å². The average molecular weight is 217 g/mol. The molecular weight excluding hydrogens is 202 g/mol. The first-order valence-electron chi connectivity index (χ1n) is 5.43. The fourth-order valence-corrected chi connectivity index (χ4v) is 1.41. The summed E-state index contributed by atoms with van der Waals surface area (Å²) in [4.78, 5) is 4.18. The third-order valence-corrected chi connectivity index (χ3v) is 2.18. The first-order valence-corrected chi connectivity index (χ1v) is 5.43. The molecule has 16 heavy (non-hydrogen) atoms. The smallest absolute Gasteiger partial charge is 0.157 e. The lowest BCUT2D eigenvalue weighted by molar-refractivity contribution is 0.301. The van der Waals surface area contributed by atoms with Crippen LogP contribution < -0.4 is 4.74 Å². The summed E-state index contributed by atoms with van der Waals surface area (Å²) in [5.41, 5.74) is 0.922. The minimum Gasteiger partial charge on any atom is -0.484 e. The highest BCUT2D eigenvalue weighted by atomic mass is 16.5.